The van der Waals surface area contributed by atoms with Crippen LogP contribution >= 0.6 is 0 Å². The number of anilines is 3. The molecule has 9 nitrogen and oxygen atoms in total. The summed E-state index contributed by atoms with van der Waals surface area (Å²) in [6, 6.07) is 24.1. The molecule has 2 heterocycles. The van der Waals surface area contributed by atoms with Gasteiger partial charge in [-0.1, -0.05) is 18.2 Å². The number of nitrogens with zero attached hydrogens (tertiary/aromatic N) is 6. The van der Waals surface area contributed by atoms with E-state index in [9.17, 15) is 0 Å². The standard InChI is InChI=1S/C32H33N7O2/c1-22-17-26(10-12-29(22)38-33-2)39(3)32-28-19-27(41-16-15-40-4)11-13-30(28)36-31(37-32)24-8-5-9-25(18-24)35-21-23-7-6-14-34-20-23/h5-14,17-20,35H,15-16,21H2,1-4H3. The van der Waals surface area contributed by atoms with Gasteiger partial charge in [-0.3, -0.25) is 4.98 Å². The highest BCUT2D eigenvalue weighted by Crippen LogP contribution is 2.35. The Kier molecular flexibility index (Phi) is 8.76. The number of rotatable bonds is 11. The lowest BCUT2D eigenvalue weighted by Crippen LogP contribution is -2.13. The van der Waals surface area contributed by atoms with E-state index in [1.165, 1.54) is 0 Å². The molecule has 0 aliphatic heterocycles. The van der Waals surface area contributed by atoms with E-state index in [-0.39, 0.29) is 0 Å². The van der Waals surface area contributed by atoms with Gasteiger partial charge in [0, 0.05) is 62.5 Å². The van der Waals surface area contributed by atoms with Crippen molar-refractivity contribution >= 4 is 33.8 Å². The fourth-order valence-corrected chi connectivity index (χ4v) is 4.47. The molecule has 41 heavy (non-hydrogen) atoms. The monoisotopic (exact) mass is 547 g/mol. The highest BCUT2D eigenvalue weighted by Gasteiger charge is 2.16. The van der Waals surface area contributed by atoms with Crippen molar-refractivity contribution in [2.24, 2.45) is 10.2 Å². The van der Waals surface area contributed by atoms with Gasteiger partial charge in [-0.25, -0.2) is 9.97 Å². The number of aromatic nitrogens is 3. The highest BCUT2D eigenvalue weighted by atomic mass is 16.5. The fraction of sp³-hybridized carbons (Fsp3) is 0.219. The van der Waals surface area contributed by atoms with Crippen LogP contribution in [0.3, 0.4) is 0 Å². The van der Waals surface area contributed by atoms with Gasteiger partial charge in [-0.2, -0.15) is 10.2 Å². The molecule has 0 saturated heterocycles. The van der Waals surface area contributed by atoms with Crippen LogP contribution in [-0.4, -0.2) is 49.4 Å². The van der Waals surface area contributed by atoms with Crippen molar-refractivity contribution < 1.29 is 9.47 Å². The van der Waals surface area contributed by atoms with Crippen LogP contribution in [0.5, 0.6) is 5.75 Å². The maximum absolute atomic E-state index is 5.92. The van der Waals surface area contributed by atoms with Crippen molar-refractivity contribution in [1.82, 2.24) is 15.0 Å². The normalized spacial score (nSPS) is 11.2. The molecule has 0 spiro atoms. The molecule has 1 N–H and O–H groups in total. The van der Waals surface area contributed by atoms with E-state index in [1.54, 1.807) is 20.4 Å². The van der Waals surface area contributed by atoms with Gasteiger partial charge in [0.05, 0.1) is 17.8 Å². The molecule has 208 valence electrons. The van der Waals surface area contributed by atoms with Crippen molar-refractivity contribution in [3.05, 3.63) is 96.3 Å². The second-order valence-electron chi connectivity index (χ2n) is 9.52. The quantitative estimate of drug-likeness (QED) is 0.139. The largest absolute Gasteiger partial charge is 0.491 e. The Morgan fingerprint density at radius 2 is 1.85 bits per heavy atom. The van der Waals surface area contributed by atoms with Crippen LogP contribution in [0.2, 0.25) is 0 Å². The van der Waals surface area contributed by atoms with Crippen molar-refractivity contribution in [2.45, 2.75) is 13.5 Å². The van der Waals surface area contributed by atoms with E-state index in [4.69, 9.17) is 19.4 Å². The second kappa shape index (κ2) is 13.0. The Morgan fingerprint density at radius 1 is 0.951 bits per heavy atom. The molecule has 0 saturated carbocycles. The van der Waals surface area contributed by atoms with Gasteiger partial charge in [0.15, 0.2) is 5.82 Å². The van der Waals surface area contributed by atoms with E-state index in [1.807, 2.05) is 80.8 Å². The Balaban J connectivity index is 1.54. The number of pyridine rings is 1. The molecule has 2 aromatic heterocycles. The fourth-order valence-electron chi connectivity index (χ4n) is 4.47. The third kappa shape index (κ3) is 6.64. The van der Waals surface area contributed by atoms with E-state index in [0.29, 0.717) is 25.6 Å². The minimum atomic E-state index is 0.456. The summed E-state index contributed by atoms with van der Waals surface area (Å²) in [4.78, 5) is 16.3. The van der Waals surface area contributed by atoms with Gasteiger partial charge in [-0.05, 0) is 72.6 Å². The van der Waals surface area contributed by atoms with Crippen LogP contribution in [0.4, 0.5) is 22.9 Å². The molecule has 0 aliphatic carbocycles. The first-order valence-electron chi connectivity index (χ1n) is 13.4. The molecule has 3 aromatic carbocycles. The summed E-state index contributed by atoms with van der Waals surface area (Å²) >= 11 is 0. The van der Waals surface area contributed by atoms with Crippen LogP contribution in [0, 0.1) is 6.92 Å². The first-order chi connectivity index (χ1) is 20.1. The van der Waals surface area contributed by atoms with Gasteiger partial charge in [0.1, 0.15) is 18.2 Å². The van der Waals surface area contributed by atoms with Crippen molar-refractivity contribution in [3.8, 4) is 17.1 Å². The zero-order valence-corrected chi connectivity index (χ0v) is 23.7. The van der Waals surface area contributed by atoms with Crippen molar-refractivity contribution in [2.75, 3.05) is 44.6 Å². The Morgan fingerprint density at radius 3 is 2.63 bits per heavy atom. The summed E-state index contributed by atoms with van der Waals surface area (Å²) in [7, 11) is 5.33. The number of hydrogen-bond donors (Lipinski definition) is 1. The molecular weight excluding hydrogens is 514 g/mol. The predicted molar refractivity (Wildman–Crippen MR) is 164 cm³/mol. The van der Waals surface area contributed by atoms with Crippen molar-refractivity contribution in [3.63, 3.8) is 0 Å². The van der Waals surface area contributed by atoms with Crippen LogP contribution in [0.15, 0.2) is 95.4 Å². The summed E-state index contributed by atoms with van der Waals surface area (Å²) in [5.41, 5.74) is 6.64. The lowest BCUT2D eigenvalue weighted by molar-refractivity contribution is 0.146. The third-order valence-electron chi connectivity index (χ3n) is 6.64. The Bertz CT molecular complexity index is 1660. The molecule has 0 bridgehead atoms. The lowest BCUT2D eigenvalue weighted by atomic mass is 10.1. The van der Waals surface area contributed by atoms with Gasteiger partial charge < -0.3 is 19.7 Å². The Labute approximate surface area is 239 Å². The number of hydrogen-bond acceptors (Lipinski definition) is 9. The maximum Gasteiger partial charge on any atom is 0.162 e. The molecule has 0 atom stereocenters. The van der Waals surface area contributed by atoms with Gasteiger partial charge >= 0.3 is 0 Å². The van der Waals surface area contributed by atoms with Crippen LogP contribution < -0.4 is 15.0 Å². The maximum atomic E-state index is 5.92. The molecule has 0 fully saturated rings. The Hall–Kier alpha value is -4.89. The number of nitrogens with one attached hydrogen (secondary N) is 1. The highest BCUT2D eigenvalue weighted by molar-refractivity contribution is 5.94. The predicted octanol–water partition coefficient (Wildman–Crippen LogP) is 7.12. The lowest BCUT2D eigenvalue weighted by Gasteiger charge is -2.22. The second-order valence-corrected chi connectivity index (χ2v) is 9.52. The van der Waals surface area contributed by atoms with Gasteiger partial charge in [0.25, 0.3) is 0 Å². The number of ether oxygens (including phenoxy) is 2. The first kappa shape index (κ1) is 27.7. The summed E-state index contributed by atoms with van der Waals surface area (Å²) in [5, 5.41) is 12.5. The molecule has 9 heteroatoms. The van der Waals surface area contributed by atoms with Crippen LogP contribution in [-0.2, 0) is 11.3 Å². The van der Waals surface area contributed by atoms with Gasteiger partial charge in [0.2, 0.25) is 0 Å². The average molecular weight is 548 g/mol. The van der Waals surface area contributed by atoms with E-state index in [2.05, 4.69) is 37.6 Å². The minimum absolute atomic E-state index is 0.456. The number of methoxy groups -OCH3 is 1. The third-order valence-corrected chi connectivity index (χ3v) is 6.64. The molecular formula is C32H33N7O2. The molecule has 0 unspecified atom stereocenters. The number of fused-ring (bicyclic) bond motifs is 1. The van der Waals surface area contributed by atoms with Crippen molar-refractivity contribution in [1.29, 1.82) is 0 Å². The smallest absolute Gasteiger partial charge is 0.162 e. The average Bonchev–Trinajstić information content (AvgIpc) is 3.01. The first-order valence-corrected chi connectivity index (χ1v) is 13.4. The number of aryl methyl sites for hydroxylation is 1. The molecule has 5 aromatic rings. The topological polar surface area (TPSA) is 97.1 Å². The van der Waals surface area contributed by atoms with E-state index >= 15 is 0 Å². The molecule has 0 amide bonds. The molecule has 5 rings (SSSR count). The zero-order valence-electron chi connectivity index (χ0n) is 23.7. The van der Waals surface area contributed by atoms with E-state index < -0.39 is 0 Å². The van der Waals surface area contributed by atoms with Crippen LogP contribution in [0.25, 0.3) is 22.3 Å². The van der Waals surface area contributed by atoms with Gasteiger partial charge in [-0.15, -0.1) is 0 Å². The SMILES string of the molecule is CN=Nc1ccc(N(C)c2nc(-c3cccc(NCc4cccnc4)c3)nc3ccc(OCCOC)cc23)cc1C. The summed E-state index contributed by atoms with van der Waals surface area (Å²) in [6.45, 7) is 3.66. The summed E-state index contributed by atoms with van der Waals surface area (Å²) in [5.74, 6) is 2.13. The molecule has 0 radical (unpaired) electrons. The molecule has 0 aliphatic rings. The summed E-state index contributed by atoms with van der Waals surface area (Å²) in [6.07, 6.45) is 3.63. The minimum Gasteiger partial charge on any atom is -0.491 e. The van der Waals surface area contributed by atoms with E-state index in [0.717, 1.165) is 56.2 Å². The van der Waals surface area contributed by atoms with Crippen LogP contribution in [0.1, 0.15) is 11.1 Å². The summed E-state index contributed by atoms with van der Waals surface area (Å²) < 4.78 is 11.1. The zero-order chi connectivity index (χ0) is 28.6. The number of azo groups is 1. The number of benzene rings is 3.